The molecule has 6 heteroatoms. The summed E-state index contributed by atoms with van der Waals surface area (Å²) in [4.78, 5) is 12.0. The van der Waals surface area contributed by atoms with Gasteiger partial charge in [0, 0.05) is 39.4 Å². The minimum atomic E-state index is -0.771. The van der Waals surface area contributed by atoms with Crippen LogP contribution in [0.25, 0.3) is 0 Å². The number of amides is 2. The summed E-state index contributed by atoms with van der Waals surface area (Å²) in [5.41, 5.74) is 0.969. The molecule has 2 rings (SSSR count). The van der Waals surface area contributed by atoms with E-state index in [1.807, 2.05) is 25.1 Å². The third-order valence-corrected chi connectivity index (χ3v) is 5.94. The molecule has 22 heavy (non-hydrogen) atoms. The Balaban J connectivity index is 1.78. The van der Waals surface area contributed by atoms with Gasteiger partial charge < -0.3 is 10.6 Å². The number of hydrogen-bond donors (Lipinski definition) is 2. The van der Waals surface area contributed by atoms with Gasteiger partial charge in [-0.05, 0) is 37.0 Å². The van der Waals surface area contributed by atoms with Crippen LogP contribution in [0.1, 0.15) is 38.2 Å². The highest BCUT2D eigenvalue weighted by Crippen LogP contribution is 2.23. The molecule has 0 saturated heterocycles. The van der Waals surface area contributed by atoms with Crippen molar-refractivity contribution < 1.29 is 9.00 Å². The van der Waals surface area contributed by atoms with Crippen LogP contribution in [0, 0.1) is 0 Å². The highest BCUT2D eigenvalue weighted by Gasteiger charge is 2.26. The Morgan fingerprint density at radius 2 is 2.23 bits per heavy atom. The Labute approximate surface area is 139 Å². The Morgan fingerprint density at radius 3 is 2.95 bits per heavy atom. The fraction of sp³-hybridized carbons (Fsp3) is 0.562. The molecule has 0 aliphatic heterocycles. The molecule has 2 N–H and O–H groups in total. The van der Waals surface area contributed by atoms with Gasteiger partial charge in [-0.15, -0.1) is 0 Å². The number of carbonyl (C=O) groups excluding carboxylic acids is 1. The molecule has 0 heterocycles. The number of benzene rings is 1. The fourth-order valence-electron chi connectivity index (χ4n) is 2.82. The van der Waals surface area contributed by atoms with Crippen LogP contribution in [-0.2, 0) is 17.3 Å². The monoisotopic (exact) mass is 342 g/mol. The van der Waals surface area contributed by atoms with E-state index in [-0.39, 0.29) is 17.3 Å². The molecule has 0 radical (unpaired) electrons. The largest absolute Gasteiger partial charge is 0.335 e. The van der Waals surface area contributed by atoms with Crippen molar-refractivity contribution in [3.8, 4) is 0 Å². The normalized spacial score (nSPS) is 22.8. The molecule has 1 aromatic rings. The molecular weight excluding hydrogens is 320 g/mol. The van der Waals surface area contributed by atoms with Crippen molar-refractivity contribution in [3.05, 3.63) is 34.9 Å². The molecule has 1 aliphatic rings. The summed E-state index contributed by atoms with van der Waals surface area (Å²) in [5.74, 6) is 0.693. The number of rotatable bonds is 5. The predicted molar refractivity (Wildman–Crippen MR) is 91.6 cm³/mol. The standard InChI is InChI=1S/C16H23ClN2O2S/c1-2-22(21)15-8-4-7-14(10-15)19-16(20)18-11-12-5-3-6-13(17)9-12/h3,5-6,9,14-15H,2,4,7-8,10-11H2,1H3,(H2,18,19,20). The van der Waals surface area contributed by atoms with E-state index in [0.29, 0.717) is 17.3 Å². The van der Waals surface area contributed by atoms with Gasteiger partial charge in [0.15, 0.2) is 0 Å². The van der Waals surface area contributed by atoms with Gasteiger partial charge in [0.05, 0.1) is 0 Å². The first-order valence-corrected chi connectivity index (χ1v) is 9.50. The topological polar surface area (TPSA) is 58.2 Å². The van der Waals surface area contributed by atoms with Gasteiger partial charge in [-0.1, -0.05) is 37.1 Å². The maximum absolute atomic E-state index is 12.0. The van der Waals surface area contributed by atoms with Gasteiger partial charge in [-0.25, -0.2) is 4.79 Å². The van der Waals surface area contributed by atoms with E-state index in [2.05, 4.69) is 10.6 Å². The quantitative estimate of drug-likeness (QED) is 0.863. The van der Waals surface area contributed by atoms with Crippen molar-refractivity contribution in [2.24, 2.45) is 0 Å². The van der Waals surface area contributed by atoms with Crippen LogP contribution in [0.2, 0.25) is 5.02 Å². The van der Waals surface area contributed by atoms with E-state index in [1.165, 1.54) is 0 Å². The van der Waals surface area contributed by atoms with Crippen molar-refractivity contribution in [2.45, 2.75) is 50.4 Å². The average molecular weight is 343 g/mol. The van der Waals surface area contributed by atoms with Crippen molar-refractivity contribution in [3.63, 3.8) is 0 Å². The summed E-state index contributed by atoms with van der Waals surface area (Å²) in [6, 6.07) is 7.38. The SMILES string of the molecule is CCS(=O)C1CCCC(NC(=O)NCc2cccc(Cl)c2)C1. The first-order chi connectivity index (χ1) is 10.6. The summed E-state index contributed by atoms with van der Waals surface area (Å²) >= 11 is 5.92. The fourth-order valence-corrected chi connectivity index (χ4v) is 4.38. The second kappa shape index (κ2) is 8.53. The zero-order valence-electron chi connectivity index (χ0n) is 12.8. The third-order valence-electron chi connectivity index (χ3n) is 3.96. The molecule has 0 bridgehead atoms. The van der Waals surface area contributed by atoms with E-state index in [4.69, 9.17) is 11.6 Å². The van der Waals surface area contributed by atoms with Gasteiger partial charge in [-0.3, -0.25) is 4.21 Å². The molecule has 3 atom stereocenters. The summed E-state index contributed by atoms with van der Waals surface area (Å²) in [6.07, 6.45) is 3.80. The molecule has 2 amide bonds. The Bertz CT molecular complexity index is 539. The van der Waals surface area contributed by atoms with Gasteiger partial charge in [-0.2, -0.15) is 0 Å². The predicted octanol–water partition coefficient (Wildman–Crippen LogP) is 3.22. The first kappa shape index (κ1) is 17.3. The van der Waals surface area contributed by atoms with E-state index < -0.39 is 10.8 Å². The lowest BCUT2D eigenvalue weighted by Crippen LogP contribution is -2.45. The highest BCUT2D eigenvalue weighted by atomic mass is 35.5. The number of urea groups is 1. The van der Waals surface area contributed by atoms with E-state index in [9.17, 15) is 9.00 Å². The molecule has 1 aliphatic carbocycles. The molecule has 0 spiro atoms. The minimum Gasteiger partial charge on any atom is -0.335 e. The molecule has 3 unspecified atom stereocenters. The molecule has 1 saturated carbocycles. The zero-order chi connectivity index (χ0) is 15.9. The third kappa shape index (κ3) is 5.29. The minimum absolute atomic E-state index is 0.119. The van der Waals surface area contributed by atoms with Crippen molar-refractivity contribution in [2.75, 3.05) is 5.75 Å². The van der Waals surface area contributed by atoms with Crippen LogP contribution in [0.15, 0.2) is 24.3 Å². The summed E-state index contributed by atoms with van der Waals surface area (Å²) in [5, 5.41) is 6.73. The summed E-state index contributed by atoms with van der Waals surface area (Å²) in [7, 11) is -0.771. The molecule has 0 aromatic heterocycles. The Morgan fingerprint density at radius 1 is 1.41 bits per heavy atom. The second-order valence-corrected chi connectivity index (χ2v) is 8.05. The van der Waals surface area contributed by atoms with Crippen LogP contribution >= 0.6 is 11.6 Å². The number of nitrogens with one attached hydrogen (secondary N) is 2. The van der Waals surface area contributed by atoms with E-state index in [0.717, 1.165) is 31.2 Å². The number of hydrogen-bond acceptors (Lipinski definition) is 2. The Hall–Kier alpha value is -1.07. The smallest absolute Gasteiger partial charge is 0.315 e. The lowest BCUT2D eigenvalue weighted by Gasteiger charge is -2.29. The van der Waals surface area contributed by atoms with Crippen LogP contribution in [0.4, 0.5) is 4.79 Å². The molecule has 1 aromatic carbocycles. The van der Waals surface area contributed by atoms with Crippen molar-refractivity contribution in [1.82, 2.24) is 10.6 Å². The van der Waals surface area contributed by atoms with Crippen molar-refractivity contribution >= 4 is 28.4 Å². The van der Waals surface area contributed by atoms with Gasteiger partial charge in [0.2, 0.25) is 0 Å². The zero-order valence-corrected chi connectivity index (χ0v) is 14.4. The van der Waals surface area contributed by atoms with Crippen LogP contribution in [0.5, 0.6) is 0 Å². The maximum Gasteiger partial charge on any atom is 0.315 e. The van der Waals surface area contributed by atoms with Crippen LogP contribution < -0.4 is 10.6 Å². The maximum atomic E-state index is 12.0. The molecule has 122 valence electrons. The molecule has 1 fully saturated rings. The lowest BCUT2D eigenvalue weighted by atomic mass is 9.95. The number of carbonyl (C=O) groups is 1. The van der Waals surface area contributed by atoms with Gasteiger partial charge >= 0.3 is 6.03 Å². The lowest BCUT2D eigenvalue weighted by molar-refractivity contribution is 0.232. The summed E-state index contributed by atoms with van der Waals surface area (Å²) < 4.78 is 11.9. The first-order valence-electron chi connectivity index (χ1n) is 7.74. The van der Waals surface area contributed by atoms with Gasteiger partial charge in [0.25, 0.3) is 0 Å². The summed E-state index contributed by atoms with van der Waals surface area (Å²) in [6.45, 7) is 2.40. The van der Waals surface area contributed by atoms with Crippen LogP contribution in [0.3, 0.4) is 0 Å². The van der Waals surface area contributed by atoms with E-state index in [1.54, 1.807) is 6.07 Å². The van der Waals surface area contributed by atoms with Crippen LogP contribution in [-0.4, -0.2) is 27.3 Å². The molecule has 4 nitrogen and oxygen atoms in total. The van der Waals surface area contributed by atoms with Crippen molar-refractivity contribution in [1.29, 1.82) is 0 Å². The van der Waals surface area contributed by atoms with Gasteiger partial charge in [0.1, 0.15) is 0 Å². The average Bonchev–Trinajstić information content (AvgIpc) is 2.52. The van der Waals surface area contributed by atoms with E-state index >= 15 is 0 Å². The highest BCUT2D eigenvalue weighted by molar-refractivity contribution is 7.85. The second-order valence-electron chi connectivity index (χ2n) is 5.61. The number of halogens is 1. The Kier molecular flexibility index (Phi) is 6.70. The molecular formula is C16H23ClN2O2S.